The fourth-order valence-corrected chi connectivity index (χ4v) is 4.21. The summed E-state index contributed by atoms with van der Waals surface area (Å²) in [5, 5.41) is 38.7. The van der Waals surface area contributed by atoms with E-state index in [1.54, 1.807) is 19.1 Å². The van der Waals surface area contributed by atoms with Crippen molar-refractivity contribution in [2.45, 2.75) is 32.6 Å². The van der Waals surface area contributed by atoms with E-state index < -0.39 is 5.97 Å². The molecule has 0 saturated carbocycles. The summed E-state index contributed by atoms with van der Waals surface area (Å²) >= 11 is 0. The molecule has 1 aliphatic rings. The first-order chi connectivity index (χ1) is 18.3. The number of benzene rings is 2. The van der Waals surface area contributed by atoms with Crippen LogP contribution in [-0.4, -0.2) is 44.2 Å². The van der Waals surface area contributed by atoms with Gasteiger partial charge in [-0.1, -0.05) is 12.1 Å². The van der Waals surface area contributed by atoms with Crippen LogP contribution in [0.3, 0.4) is 0 Å². The fraction of sp³-hybridized carbons (Fsp3) is 0.259. The number of H-pyrrole nitrogens is 1. The van der Waals surface area contributed by atoms with Crippen molar-refractivity contribution in [2.75, 3.05) is 13.2 Å². The molecule has 4 aromatic rings. The molecule has 2 aromatic carbocycles. The molecule has 0 radical (unpaired) electrons. The number of nitrogens with zero attached hydrogens (tertiary/aromatic N) is 3. The number of rotatable bonds is 6. The van der Waals surface area contributed by atoms with Crippen LogP contribution >= 0.6 is 0 Å². The number of fused-ring (bicyclic) bond motifs is 1. The van der Waals surface area contributed by atoms with E-state index >= 15 is 0 Å². The number of hydrogen-bond donors (Lipinski definition) is 5. The van der Waals surface area contributed by atoms with E-state index in [-0.39, 0.29) is 46.4 Å². The summed E-state index contributed by atoms with van der Waals surface area (Å²) in [6.07, 6.45) is 4.40. The van der Waals surface area contributed by atoms with Gasteiger partial charge >= 0.3 is 5.97 Å². The maximum Gasteiger partial charge on any atom is 0.371 e. The first-order valence-corrected chi connectivity index (χ1v) is 12.2. The number of aromatic nitrogens is 2. The van der Waals surface area contributed by atoms with E-state index in [0.717, 1.165) is 24.9 Å². The number of aromatic hydroxyl groups is 1. The van der Waals surface area contributed by atoms with Gasteiger partial charge in [-0.05, 0) is 80.1 Å². The Balaban J connectivity index is 0.000000786. The highest BCUT2D eigenvalue weighted by Gasteiger charge is 2.17. The Kier molecular flexibility index (Phi) is 8.19. The van der Waals surface area contributed by atoms with Crippen molar-refractivity contribution in [2.24, 2.45) is 16.0 Å². The van der Waals surface area contributed by atoms with Gasteiger partial charge in [0.15, 0.2) is 11.4 Å². The van der Waals surface area contributed by atoms with E-state index in [1.165, 1.54) is 40.4 Å². The first kappa shape index (κ1) is 26.6. The fourth-order valence-electron chi connectivity index (χ4n) is 4.21. The molecular weight excluding hydrogens is 490 g/mol. The van der Waals surface area contributed by atoms with Crippen molar-refractivity contribution in [1.29, 1.82) is 0 Å². The predicted octanol–water partition coefficient (Wildman–Crippen LogP) is 4.37. The minimum Gasteiger partial charge on any atom is -0.505 e. The van der Waals surface area contributed by atoms with Crippen LogP contribution in [-0.2, 0) is 12.8 Å². The zero-order valence-corrected chi connectivity index (χ0v) is 20.8. The quantitative estimate of drug-likeness (QED) is 0.235. The third-order valence-electron chi connectivity index (χ3n) is 6.11. The van der Waals surface area contributed by atoms with Crippen molar-refractivity contribution in [3.05, 3.63) is 81.5 Å². The number of phenolic OH excluding ortho intramolecular Hbond substituents is 1. The van der Waals surface area contributed by atoms with Crippen LogP contribution in [0.5, 0.6) is 5.75 Å². The van der Waals surface area contributed by atoms with E-state index in [9.17, 15) is 14.7 Å². The number of nitrogens with one attached hydrogen (secondary N) is 1. The van der Waals surface area contributed by atoms with Gasteiger partial charge in [-0.2, -0.15) is 0 Å². The number of carboxylic acids is 1. The second-order valence-electron chi connectivity index (χ2n) is 8.74. The highest BCUT2D eigenvalue weighted by atomic mass is 16.4. The van der Waals surface area contributed by atoms with Crippen LogP contribution in [0.1, 0.15) is 40.2 Å². The predicted molar refractivity (Wildman–Crippen MR) is 141 cm³/mol. The number of aliphatic hydroxyl groups is 1. The SMILES string of the molecule is Cc1[nH]n(-c2ccc3c(c2)CCCC3)c(=O)c1N=Nc1cccc(-c2ccc(C(=O)O)o2)c1O.NCCO. The van der Waals surface area contributed by atoms with Crippen molar-refractivity contribution >= 4 is 17.3 Å². The summed E-state index contributed by atoms with van der Waals surface area (Å²) in [5.41, 5.74) is 8.82. The van der Waals surface area contributed by atoms with E-state index in [4.69, 9.17) is 20.4 Å². The van der Waals surface area contributed by atoms with E-state index in [1.807, 2.05) is 12.1 Å². The van der Waals surface area contributed by atoms with Crippen molar-refractivity contribution in [3.63, 3.8) is 0 Å². The summed E-state index contributed by atoms with van der Waals surface area (Å²) in [4.78, 5) is 24.1. The number of aliphatic hydroxyl groups excluding tert-OH is 1. The van der Waals surface area contributed by atoms with E-state index in [0.29, 0.717) is 12.2 Å². The van der Waals surface area contributed by atoms with Gasteiger partial charge in [0.05, 0.1) is 23.6 Å². The topological polar surface area (TPSA) is 179 Å². The van der Waals surface area contributed by atoms with Gasteiger partial charge in [-0.15, -0.1) is 10.2 Å². The number of carbonyl (C=O) groups is 1. The van der Waals surface area contributed by atoms with Gasteiger partial charge in [-0.3, -0.25) is 9.89 Å². The third-order valence-corrected chi connectivity index (χ3v) is 6.11. The number of phenols is 1. The van der Waals surface area contributed by atoms with E-state index in [2.05, 4.69) is 21.4 Å². The lowest BCUT2D eigenvalue weighted by atomic mass is 9.91. The maximum absolute atomic E-state index is 13.1. The lowest BCUT2D eigenvalue weighted by Crippen LogP contribution is -2.15. The lowest BCUT2D eigenvalue weighted by Gasteiger charge is -2.16. The number of aryl methyl sites for hydroxylation is 3. The van der Waals surface area contributed by atoms with Gasteiger partial charge in [0.25, 0.3) is 5.56 Å². The molecular formula is C27H29N5O6. The number of azo groups is 1. The first-order valence-electron chi connectivity index (χ1n) is 12.2. The third kappa shape index (κ3) is 5.58. The highest BCUT2D eigenvalue weighted by Crippen LogP contribution is 2.38. The van der Waals surface area contributed by atoms with Gasteiger partial charge in [-0.25, -0.2) is 9.48 Å². The molecule has 0 amide bonds. The second kappa shape index (κ2) is 11.7. The zero-order chi connectivity index (χ0) is 27.2. The summed E-state index contributed by atoms with van der Waals surface area (Å²) in [5.74, 6) is -1.51. The molecule has 0 saturated heterocycles. The minimum absolute atomic E-state index is 0.0972. The van der Waals surface area contributed by atoms with Crippen LogP contribution in [0.4, 0.5) is 11.4 Å². The average molecular weight is 520 g/mol. The molecule has 0 unspecified atom stereocenters. The molecule has 2 heterocycles. The average Bonchev–Trinajstić information content (AvgIpc) is 3.53. The minimum atomic E-state index is -1.21. The van der Waals surface area contributed by atoms with Crippen molar-refractivity contribution in [1.82, 2.24) is 9.78 Å². The number of aromatic amines is 1. The van der Waals surface area contributed by atoms with Crippen LogP contribution in [0.15, 0.2) is 68.0 Å². The Morgan fingerprint density at radius 3 is 2.53 bits per heavy atom. The van der Waals surface area contributed by atoms with Gasteiger partial charge in [0.2, 0.25) is 5.76 Å². The maximum atomic E-state index is 13.1. The number of para-hydroxylation sites is 1. The summed E-state index contributed by atoms with van der Waals surface area (Å²) in [6.45, 7) is 2.21. The molecule has 2 aromatic heterocycles. The molecule has 5 rings (SSSR count). The molecule has 0 fully saturated rings. The van der Waals surface area contributed by atoms with Crippen molar-refractivity contribution in [3.8, 4) is 22.8 Å². The lowest BCUT2D eigenvalue weighted by molar-refractivity contribution is 0.0663. The van der Waals surface area contributed by atoms with Gasteiger partial charge in [0, 0.05) is 6.54 Å². The molecule has 0 aliphatic heterocycles. The number of carboxylic acid groups (broad SMARTS) is 1. The monoisotopic (exact) mass is 519 g/mol. The Hall–Kier alpha value is -4.48. The number of hydrogen-bond acceptors (Lipinski definition) is 8. The second-order valence-corrected chi connectivity index (χ2v) is 8.74. The van der Waals surface area contributed by atoms with Crippen LogP contribution < -0.4 is 11.3 Å². The molecule has 11 heteroatoms. The molecule has 198 valence electrons. The molecule has 38 heavy (non-hydrogen) atoms. The summed E-state index contributed by atoms with van der Waals surface area (Å²) in [6, 6.07) is 13.5. The molecule has 6 N–H and O–H groups in total. The van der Waals surface area contributed by atoms with Crippen LogP contribution in [0.2, 0.25) is 0 Å². The molecule has 1 aliphatic carbocycles. The Morgan fingerprint density at radius 1 is 1.11 bits per heavy atom. The van der Waals surface area contributed by atoms with Gasteiger partial charge < -0.3 is 25.5 Å². The normalized spacial score (nSPS) is 12.7. The Bertz CT molecular complexity index is 1530. The Morgan fingerprint density at radius 2 is 1.84 bits per heavy atom. The Labute approximate surface area is 217 Å². The molecule has 11 nitrogen and oxygen atoms in total. The summed E-state index contributed by atoms with van der Waals surface area (Å²) in [7, 11) is 0. The summed E-state index contributed by atoms with van der Waals surface area (Å²) < 4.78 is 6.72. The number of furan rings is 1. The largest absolute Gasteiger partial charge is 0.505 e. The molecule has 0 bridgehead atoms. The highest BCUT2D eigenvalue weighted by molar-refractivity contribution is 5.85. The molecule has 0 spiro atoms. The van der Waals surface area contributed by atoms with Crippen LogP contribution in [0, 0.1) is 6.92 Å². The van der Waals surface area contributed by atoms with Gasteiger partial charge in [0.1, 0.15) is 11.4 Å². The van der Waals surface area contributed by atoms with Crippen LogP contribution in [0.25, 0.3) is 17.0 Å². The van der Waals surface area contributed by atoms with Crippen molar-refractivity contribution < 1.29 is 24.5 Å². The smallest absolute Gasteiger partial charge is 0.371 e. The zero-order valence-electron chi connectivity index (χ0n) is 20.8. The number of nitrogens with two attached hydrogens (primary N) is 1. The molecule has 0 atom stereocenters. The standard InChI is InChI=1S/C25H22N4O5.C2H7NO/c1-14-22(24(31)29(28-14)17-10-9-15-5-2-3-6-16(15)13-17)27-26-19-8-4-7-18(23(19)30)20-11-12-21(34-20)25(32)33;3-1-2-4/h4,7-13,28,30H,2-3,5-6H2,1H3,(H,32,33);4H,1-3H2. The number of aromatic carboxylic acids is 1.